The maximum Gasteiger partial charge on any atom is 0.162 e. The summed E-state index contributed by atoms with van der Waals surface area (Å²) in [4.78, 5) is 5.02. The molecule has 4 nitrogen and oxygen atoms in total. The first kappa shape index (κ1) is 20.6. The molecule has 0 amide bonds. The van der Waals surface area contributed by atoms with Crippen molar-refractivity contribution in [3.63, 3.8) is 0 Å². The Hall–Kier alpha value is -2.63. The molecule has 1 aliphatic rings. The first-order chi connectivity index (χ1) is 14.5. The summed E-state index contributed by atoms with van der Waals surface area (Å²) in [5.41, 5.74) is 5.23. The zero-order valence-electron chi connectivity index (χ0n) is 17.1. The van der Waals surface area contributed by atoms with E-state index in [1.54, 1.807) is 6.07 Å². The predicted octanol–water partition coefficient (Wildman–Crippen LogP) is 6.08. The molecule has 0 saturated carbocycles. The number of halogens is 1. The Labute approximate surface area is 185 Å². The maximum atomic E-state index is 10.8. The number of ether oxygens (including phenoxy) is 1. The lowest BCUT2D eigenvalue weighted by Gasteiger charge is -2.31. The summed E-state index contributed by atoms with van der Waals surface area (Å²) in [5.74, 6) is 0.702. The average Bonchev–Trinajstić information content (AvgIpc) is 2.76. The molecule has 1 heterocycles. The number of benzene rings is 3. The van der Waals surface area contributed by atoms with Gasteiger partial charge in [0.1, 0.15) is 6.17 Å². The predicted molar refractivity (Wildman–Crippen MR) is 124 cm³/mol. The van der Waals surface area contributed by atoms with Crippen LogP contribution in [-0.2, 0) is 0 Å². The molecule has 0 fully saturated rings. The van der Waals surface area contributed by atoms with Gasteiger partial charge in [-0.3, -0.25) is 10.3 Å². The van der Waals surface area contributed by atoms with Crippen LogP contribution in [-0.4, -0.2) is 17.4 Å². The summed E-state index contributed by atoms with van der Waals surface area (Å²) < 4.78 is 6.64. The average molecular weight is 465 g/mol. The Balaban J connectivity index is 1.74. The Kier molecular flexibility index (Phi) is 6.21. The minimum Gasteiger partial charge on any atom is -0.504 e. The van der Waals surface area contributed by atoms with Crippen molar-refractivity contribution in [3.05, 3.63) is 93.5 Å². The number of hydrogen-bond acceptors (Lipinski definition) is 4. The fourth-order valence-corrected chi connectivity index (χ4v) is 4.00. The lowest BCUT2D eigenvalue weighted by atomic mass is 9.93. The van der Waals surface area contributed by atoms with Crippen LogP contribution in [0.15, 0.2) is 76.2 Å². The molecule has 2 atom stereocenters. The van der Waals surface area contributed by atoms with Gasteiger partial charge in [-0.15, -0.1) is 0 Å². The van der Waals surface area contributed by atoms with Gasteiger partial charge in [-0.25, -0.2) is 0 Å². The number of aliphatic imine (C=N–C) groups is 1. The second-order valence-electron chi connectivity index (χ2n) is 7.45. The highest BCUT2D eigenvalue weighted by atomic mass is 79.9. The van der Waals surface area contributed by atoms with Gasteiger partial charge in [0, 0.05) is 28.2 Å². The van der Waals surface area contributed by atoms with Gasteiger partial charge in [-0.05, 0) is 43.2 Å². The van der Waals surface area contributed by atoms with Gasteiger partial charge in [-0.1, -0.05) is 70.0 Å². The van der Waals surface area contributed by atoms with E-state index in [-0.39, 0.29) is 18.0 Å². The van der Waals surface area contributed by atoms with Gasteiger partial charge < -0.3 is 9.84 Å². The van der Waals surface area contributed by atoms with Crippen molar-refractivity contribution in [2.24, 2.45) is 4.99 Å². The van der Waals surface area contributed by atoms with Gasteiger partial charge in [0.15, 0.2) is 11.5 Å². The Morgan fingerprint density at radius 1 is 1.07 bits per heavy atom. The number of para-hydroxylation sites is 1. The minimum absolute atomic E-state index is 0.0899. The number of aromatic hydroxyl groups is 1. The molecule has 0 saturated heterocycles. The van der Waals surface area contributed by atoms with Crippen molar-refractivity contribution >= 4 is 21.6 Å². The van der Waals surface area contributed by atoms with Crippen molar-refractivity contribution in [3.8, 4) is 11.5 Å². The lowest BCUT2D eigenvalue weighted by Crippen LogP contribution is -2.33. The fraction of sp³-hybridized carbons (Fsp3) is 0.240. The largest absolute Gasteiger partial charge is 0.504 e. The third-order valence-corrected chi connectivity index (χ3v) is 5.85. The third kappa shape index (κ3) is 4.42. The molecule has 0 unspecified atom stereocenters. The molecule has 3 aromatic rings. The number of phenolic OH excluding ortho intramolecular Hbond substituents is 1. The standard InChI is InChI=1S/C25H25BrN2O2/c1-3-30-23-6-4-5-20(24(23)29)22-15-21(17-11-13-19(26)14-12-17)27-25(28-22)18-9-7-16(2)8-10-18/h4-14,22,25,28-29H,3,15H2,1-2H3/t22-,25+/m1/s1. The molecule has 154 valence electrons. The van der Waals surface area contributed by atoms with Crippen LogP contribution in [0.25, 0.3) is 0 Å². The summed E-state index contributed by atoms with van der Waals surface area (Å²) in [6, 6.07) is 22.2. The topological polar surface area (TPSA) is 53.8 Å². The van der Waals surface area contributed by atoms with E-state index in [9.17, 15) is 5.11 Å². The van der Waals surface area contributed by atoms with E-state index in [2.05, 4.69) is 64.6 Å². The van der Waals surface area contributed by atoms with Crippen LogP contribution >= 0.6 is 15.9 Å². The molecular formula is C25H25BrN2O2. The van der Waals surface area contributed by atoms with Crippen LogP contribution in [0.4, 0.5) is 0 Å². The second-order valence-corrected chi connectivity index (χ2v) is 8.36. The second kappa shape index (κ2) is 9.02. The van der Waals surface area contributed by atoms with Crippen molar-refractivity contribution in [2.45, 2.75) is 32.5 Å². The van der Waals surface area contributed by atoms with Gasteiger partial charge >= 0.3 is 0 Å². The van der Waals surface area contributed by atoms with Crippen LogP contribution < -0.4 is 10.1 Å². The maximum absolute atomic E-state index is 10.8. The van der Waals surface area contributed by atoms with Crippen molar-refractivity contribution < 1.29 is 9.84 Å². The summed E-state index contributed by atoms with van der Waals surface area (Å²) in [5, 5.41) is 14.5. The first-order valence-electron chi connectivity index (χ1n) is 10.1. The van der Waals surface area contributed by atoms with E-state index in [1.807, 2.05) is 31.2 Å². The van der Waals surface area contributed by atoms with E-state index in [4.69, 9.17) is 9.73 Å². The number of phenols is 1. The highest BCUT2D eigenvalue weighted by Gasteiger charge is 2.28. The number of aryl methyl sites for hydroxylation is 1. The molecule has 0 aromatic heterocycles. The molecule has 0 aliphatic carbocycles. The number of hydrogen-bond donors (Lipinski definition) is 2. The number of rotatable bonds is 5. The van der Waals surface area contributed by atoms with Gasteiger partial charge in [0.25, 0.3) is 0 Å². The Morgan fingerprint density at radius 3 is 2.50 bits per heavy atom. The van der Waals surface area contributed by atoms with E-state index in [0.717, 1.165) is 26.9 Å². The molecule has 2 N–H and O–H groups in total. The molecule has 0 spiro atoms. The minimum atomic E-state index is -0.196. The molecular weight excluding hydrogens is 440 g/mol. The van der Waals surface area contributed by atoms with Crippen LogP contribution in [0.1, 0.15) is 47.8 Å². The Bertz CT molecular complexity index is 1050. The van der Waals surface area contributed by atoms with E-state index in [1.165, 1.54) is 5.56 Å². The smallest absolute Gasteiger partial charge is 0.162 e. The SMILES string of the molecule is CCOc1cccc([C@H]2CC(c3ccc(Br)cc3)=N[C@H](c3ccc(C)cc3)N2)c1O. The highest BCUT2D eigenvalue weighted by Crippen LogP contribution is 2.39. The van der Waals surface area contributed by atoms with Crippen LogP contribution in [0.5, 0.6) is 11.5 Å². The lowest BCUT2D eigenvalue weighted by molar-refractivity contribution is 0.313. The fourth-order valence-electron chi connectivity index (χ4n) is 3.74. The van der Waals surface area contributed by atoms with Crippen molar-refractivity contribution in [1.82, 2.24) is 5.32 Å². The van der Waals surface area contributed by atoms with Crippen molar-refractivity contribution in [1.29, 1.82) is 0 Å². The number of nitrogens with one attached hydrogen (secondary N) is 1. The number of nitrogens with zero attached hydrogens (tertiary/aromatic N) is 1. The molecule has 1 aliphatic heterocycles. The summed E-state index contributed by atoms with van der Waals surface area (Å²) in [6.07, 6.45) is 0.478. The van der Waals surface area contributed by atoms with Crippen LogP contribution in [0, 0.1) is 6.92 Å². The molecule has 30 heavy (non-hydrogen) atoms. The first-order valence-corrected chi connectivity index (χ1v) is 10.9. The molecule has 4 rings (SSSR count). The zero-order chi connectivity index (χ0) is 21.1. The molecule has 3 aromatic carbocycles. The highest BCUT2D eigenvalue weighted by molar-refractivity contribution is 9.10. The summed E-state index contributed by atoms with van der Waals surface area (Å²) in [6.45, 7) is 4.50. The monoisotopic (exact) mass is 464 g/mol. The Morgan fingerprint density at radius 2 is 1.80 bits per heavy atom. The zero-order valence-corrected chi connectivity index (χ0v) is 18.7. The van der Waals surface area contributed by atoms with Crippen LogP contribution in [0.2, 0.25) is 0 Å². The summed E-state index contributed by atoms with van der Waals surface area (Å²) in [7, 11) is 0. The van der Waals surface area contributed by atoms with Crippen molar-refractivity contribution in [2.75, 3.05) is 6.61 Å². The third-order valence-electron chi connectivity index (χ3n) is 5.32. The van der Waals surface area contributed by atoms with Gasteiger partial charge in [0.05, 0.1) is 6.61 Å². The molecule has 0 bridgehead atoms. The van der Waals surface area contributed by atoms with E-state index >= 15 is 0 Å². The van der Waals surface area contributed by atoms with E-state index < -0.39 is 0 Å². The normalized spacial score (nSPS) is 18.7. The van der Waals surface area contributed by atoms with E-state index in [0.29, 0.717) is 18.8 Å². The quantitative estimate of drug-likeness (QED) is 0.480. The van der Waals surface area contributed by atoms with Gasteiger partial charge in [0.2, 0.25) is 0 Å². The van der Waals surface area contributed by atoms with Gasteiger partial charge in [-0.2, -0.15) is 0 Å². The molecule has 0 radical (unpaired) electrons. The van der Waals surface area contributed by atoms with Crippen LogP contribution in [0.3, 0.4) is 0 Å². The molecule has 5 heteroatoms. The summed E-state index contributed by atoms with van der Waals surface area (Å²) >= 11 is 3.51.